The molecule has 1 aromatic carbocycles. The molecule has 35 heavy (non-hydrogen) atoms. The van der Waals surface area contributed by atoms with Crippen LogP contribution >= 0.6 is 0 Å². The number of methoxy groups -OCH3 is 1. The SMILES string of the molecule is CO[C@@H]1C(=O)[C@@]2(C)[C@H](C)C[C@@H]3OC[C@@H]3[C@@H]2C[C@@]2(C)CCC(C)=C1[C@@]2(C)COC(=O)c1ccccc1. The fraction of sp³-hybridized carbons (Fsp3) is 0.667. The second-order valence-electron chi connectivity index (χ2n) is 12.3. The summed E-state index contributed by atoms with van der Waals surface area (Å²) >= 11 is 0. The Bertz CT molecular complexity index is 1050. The zero-order chi connectivity index (χ0) is 25.2. The van der Waals surface area contributed by atoms with Gasteiger partial charge in [0.05, 0.1) is 18.3 Å². The minimum absolute atomic E-state index is 0.139. The Morgan fingerprint density at radius 2 is 1.89 bits per heavy atom. The van der Waals surface area contributed by atoms with E-state index in [0.717, 1.165) is 37.9 Å². The molecule has 5 heteroatoms. The predicted molar refractivity (Wildman–Crippen MR) is 134 cm³/mol. The number of ketones is 1. The first-order valence-corrected chi connectivity index (χ1v) is 13.2. The molecule has 0 spiro atoms. The molecule has 3 aliphatic carbocycles. The quantitative estimate of drug-likeness (QED) is 0.413. The fourth-order valence-corrected chi connectivity index (χ4v) is 7.91. The molecule has 3 fully saturated rings. The molecule has 0 unspecified atom stereocenters. The van der Waals surface area contributed by atoms with E-state index in [1.165, 1.54) is 5.57 Å². The second-order valence-corrected chi connectivity index (χ2v) is 12.3. The van der Waals surface area contributed by atoms with Crippen LogP contribution in [0.1, 0.15) is 70.7 Å². The summed E-state index contributed by atoms with van der Waals surface area (Å²) in [5.41, 5.74) is 1.69. The molecule has 5 nitrogen and oxygen atoms in total. The van der Waals surface area contributed by atoms with Crippen molar-refractivity contribution < 1.29 is 23.8 Å². The van der Waals surface area contributed by atoms with Crippen LogP contribution in [-0.2, 0) is 19.0 Å². The maximum atomic E-state index is 14.5. The molecule has 0 N–H and O–H groups in total. The molecule has 0 radical (unpaired) electrons. The van der Waals surface area contributed by atoms with E-state index in [1.54, 1.807) is 19.2 Å². The molecular formula is C30H40O5. The summed E-state index contributed by atoms with van der Waals surface area (Å²) in [6.07, 6.45) is 3.43. The number of Topliss-reactive ketones (excluding diaryl/α,β-unsaturated/α-hetero) is 1. The van der Waals surface area contributed by atoms with Gasteiger partial charge in [-0.25, -0.2) is 4.79 Å². The minimum atomic E-state index is -0.622. The van der Waals surface area contributed by atoms with Gasteiger partial charge in [-0.05, 0) is 67.6 Å². The first kappa shape index (κ1) is 24.7. The van der Waals surface area contributed by atoms with E-state index in [1.807, 2.05) is 18.2 Å². The zero-order valence-corrected chi connectivity index (χ0v) is 22.1. The second kappa shape index (κ2) is 8.55. The number of allylic oxidation sites excluding steroid dienone is 1. The third kappa shape index (κ3) is 3.48. The third-order valence-corrected chi connectivity index (χ3v) is 10.8. The van der Waals surface area contributed by atoms with Gasteiger partial charge in [0.25, 0.3) is 0 Å². The van der Waals surface area contributed by atoms with Crippen molar-refractivity contribution in [3.8, 4) is 0 Å². The van der Waals surface area contributed by atoms with E-state index in [4.69, 9.17) is 14.2 Å². The Morgan fingerprint density at radius 1 is 1.17 bits per heavy atom. The molecule has 2 saturated carbocycles. The Labute approximate surface area is 209 Å². The molecule has 1 aromatic rings. The Balaban J connectivity index is 1.59. The summed E-state index contributed by atoms with van der Waals surface area (Å²) in [5.74, 6) is 0.729. The van der Waals surface area contributed by atoms with Crippen molar-refractivity contribution in [3.63, 3.8) is 0 Å². The van der Waals surface area contributed by atoms with Crippen LogP contribution in [0, 0.1) is 34.0 Å². The van der Waals surface area contributed by atoms with Gasteiger partial charge in [-0.3, -0.25) is 4.79 Å². The van der Waals surface area contributed by atoms with Crippen molar-refractivity contribution >= 4 is 11.8 Å². The van der Waals surface area contributed by atoms with Crippen LogP contribution in [-0.4, -0.2) is 44.3 Å². The van der Waals surface area contributed by atoms with E-state index in [-0.39, 0.29) is 41.7 Å². The van der Waals surface area contributed by atoms with Crippen LogP contribution in [0.2, 0.25) is 0 Å². The van der Waals surface area contributed by atoms with Gasteiger partial charge in [-0.15, -0.1) is 0 Å². The van der Waals surface area contributed by atoms with Gasteiger partial charge in [0.15, 0.2) is 5.78 Å². The summed E-state index contributed by atoms with van der Waals surface area (Å²) in [4.78, 5) is 27.4. The molecular weight excluding hydrogens is 440 g/mol. The van der Waals surface area contributed by atoms with E-state index in [2.05, 4.69) is 34.6 Å². The van der Waals surface area contributed by atoms with Crippen LogP contribution in [0.25, 0.3) is 0 Å². The lowest BCUT2D eigenvalue weighted by molar-refractivity contribution is -0.223. The van der Waals surface area contributed by atoms with Crippen LogP contribution in [0.3, 0.4) is 0 Å². The highest BCUT2D eigenvalue weighted by Crippen LogP contribution is 2.65. The van der Waals surface area contributed by atoms with Crippen molar-refractivity contribution in [2.24, 2.45) is 34.0 Å². The highest BCUT2D eigenvalue weighted by atomic mass is 16.5. The summed E-state index contributed by atoms with van der Waals surface area (Å²) in [7, 11) is 1.66. The molecule has 1 saturated heterocycles. The van der Waals surface area contributed by atoms with Crippen LogP contribution < -0.4 is 0 Å². The number of hydrogen-bond donors (Lipinski definition) is 0. The van der Waals surface area contributed by atoms with E-state index in [0.29, 0.717) is 11.5 Å². The number of ether oxygens (including phenoxy) is 3. The number of benzene rings is 1. The first-order valence-electron chi connectivity index (χ1n) is 13.2. The standard InChI is InChI=1S/C30H40O5/c1-18-12-13-28(3)15-22-21-16-34-23(21)14-19(2)30(22,5)26(31)25(33-6)24(18)29(28,4)17-35-27(32)20-10-8-7-9-11-20/h7-11,19,21-23,25H,12-17H2,1-6H3/t19-,21-,22+,23+,25+,28-,29-,30+/m1/s1. The van der Waals surface area contributed by atoms with Crippen molar-refractivity contribution in [1.29, 1.82) is 0 Å². The van der Waals surface area contributed by atoms with Gasteiger partial charge in [-0.1, -0.05) is 51.5 Å². The molecule has 190 valence electrons. The molecule has 0 amide bonds. The normalized spacial score (nSPS) is 42.8. The van der Waals surface area contributed by atoms with Crippen molar-refractivity contribution in [1.82, 2.24) is 0 Å². The summed E-state index contributed by atoms with van der Waals surface area (Å²) in [5, 5.41) is 0. The maximum Gasteiger partial charge on any atom is 0.338 e. The average molecular weight is 481 g/mol. The molecule has 4 aliphatic rings. The van der Waals surface area contributed by atoms with Crippen molar-refractivity contribution in [2.45, 2.75) is 72.5 Å². The fourth-order valence-electron chi connectivity index (χ4n) is 7.91. The summed E-state index contributed by atoms with van der Waals surface area (Å²) < 4.78 is 18.1. The van der Waals surface area contributed by atoms with Gasteiger partial charge in [0.1, 0.15) is 12.7 Å². The number of fused-ring (bicyclic) bond motifs is 5. The highest BCUT2D eigenvalue weighted by molar-refractivity contribution is 5.93. The Kier molecular flexibility index (Phi) is 6.04. The van der Waals surface area contributed by atoms with Crippen LogP contribution in [0.4, 0.5) is 0 Å². The zero-order valence-electron chi connectivity index (χ0n) is 22.1. The van der Waals surface area contributed by atoms with Gasteiger partial charge in [-0.2, -0.15) is 0 Å². The lowest BCUT2D eigenvalue weighted by Gasteiger charge is -2.63. The summed E-state index contributed by atoms with van der Waals surface area (Å²) in [6, 6.07) is 9.14. The number of rotatable bonds is 4. The van der Waals surface area contributed by atoms with E-state index in [9.17, 15) is 9.59 Å². The first-order chi connectivity index (χ1) is 16.6. The molecule has 0 aromatic heterocycles. The number of esters is 1. The Morgan fingerprint density at radius 3 is 2.51 bits per heavy atom. The highest BCUT2D eigenvalue weighted by Gasteiger charge is 2.65. The monoisotopic (exact) mass is 480 g/mol. The largest absolute Gasteiger partial charge is 0.461 e. The van der Waals surface area contributed by atoms with E-state index < -0.39 is 16.9 Å². The Hall–Kier alpha value is -1.98. The lowest BCUT2D eigenvalue weighted by atomic mass is 9.43. The van der Waals surface area contributed by atoms with E-state index >= 15 is 0 Å². The third-order valence-electron chi connectivity index (χ3n) is 10.8. The number of hydrogen-bond acceptors (Lipinski definition) is 5. The van der Waals surface area contributed by atoms with Crippen LogP contribution in [0.5, 0.6) is 0 Å². The molecule has 5 rings (SSSR count). The number of carbonyl (C=O) groups excluding carboxylic acids is 2. The van der Waals surface area contributed by atoms with Gasteiger partial charge in [0, 0.05) is 23.9 Å². The minimum Gasteiger partial charge on any atom is -0.461 e. The predicted octanol–water partition coefficient (Wildman–Crippen LogP) is 5.63. The smallest absolute Gasteiger partial charge is 0.338 e. The molecule has 1 heterocycles. The van der Waals surface area contributed by atoms with Gasteiger partial charge < -0.3 is 14.2 Å². The van der Waals surface area contributed by atoms with Crippen molar-refractivity contribution in [2.75, 3.05) is 20.3 Å². The summed E-state index contributed by atoms with van der Waals surface area (Å²) in [6.45, 7) is 12.1. The molecule has 8 atom stereocenters. The van der Waals surface area contributed by atoms with Crippen LogP contribution in [0.15, 0.2) is 41.5 Å². The van der Waals surface area contributed by atoms with Gasteiger partial charge in [0.2, 0.25) is 0 Å². The lowest BCUT2D eigenvalue weighted by Crippen LogP contribution is -2.65. The van der Waals surface area contributed by atoms with Gasteiger partial charge >= 0.3 is 5.97 Å². The molecule has 2 bridgehead atoms. The average Bonchev–Trinajstić information content (AvgIpc) is 2.83. The number of carbonyl (C=O) groups is 2. The molecule has 1 aliphatic heterocycles. The maximum absolute atomic E-state index is 14.5. The topological polar surface area (TPSA) is 61.8 Å². The van der Waals surface area contributed by atoms with Crippen molar-refractivity contribution in [3.05, 3.63) is 47.0 Å².